The average Bonchev–Trinajstić information content (AvgIpc) is 3.20. The van der Waals surface area contributed by atoms with Crippen molar-refractivity contribution in [3.63, 3.8) is 0 Å². The normalized spacial score (nSPS) is 22.1. The van der Waals surface area contributed by atoms with Gasteiger partial charge >= 0.3 is 0 Å². The van der Waals surface area contributed by atoms with Crippen molar-refractivity contribution in [1.82, 2.24) is 0 Å². The van der Waals surface area contributed by atoms with Gasteiger partial charge < -0.3 is 0 Å². The molecule has 0 saturated heterocycles. The first kappa shape index (κ1) is 10.3. The number of alkyl halides is 1. The highest BCUT2D eigenvalue weighted by Crippen LogP contribution is 2.45. The van der Waals surface area contributed by atoms with Gasteiger partial charge in [0.1, 0.15) is 0 Å². The second-order valence-corrected chi connectivity index (χ2v) is 5.33. The Balaban J connectivity index is 1.95. The summed E-state index contributed by atoms with van der Waals surface area (Å²) in [5.41, 5.74) is 3.97. The molecule has 2 saturated carbocycles. The van der Waals surface area contributed by atoms with Crippen molar-refractivity contribution in [3.8, 4) is 0 Å². The van der Waals surface area contributed by atoms with E-state index in [2.05, 4.69) is 25.1 Å². The molecule has 0 aliphatic heterocycles. The molecule has 1 aromatic carbocycles. The van der Waals surface area contributed by atoms with Gasteiger partial charge in [-0.25, -0.2) is 0 Å². The maximum atomic E-state index is 12.7. The Morgan fingerprint density at radius 3 is 1.94 bits per heavy atom. The van der Waals surface area contributed by atoms with Gasteiger partial charge in [0.05, 0.1) is 6.67 Å². The van der Waals surface area contributed by atoms with Crippen LogP contribution >= 0.6 is 0 Å². The van der Waals surface area contributed by atoms with E-state index in [9.17, 15) is 4.39 Å². The van der Waals surface area contributed by atoms with Crippen LogP contribution in [0.1, 0.15) is 60.1 Å². The van der Waals surface area contributed by atoms with Crippen LogP contribution in [0.2, 0.25) is 0 Å². The van der Waals surface area contributed by atoms with Crippen molar-refractivity contribution in [2.75, 3.05) is 6.67 Å². The molecule has 0 heterocycles. The van der Waals surface area contributed by atoms with Gasteiger partial charge in [-0.05, 0) is 61.1 Å². The average molecular weight is 217 g/mol. The fourth-order valence-corrected chi connectivity index (χ4v) is 2.33. The third kappa shape index (κ3) is 2.00. The standard InChI is InChI=1S/C15H18F/c1-10(9-16)13-6-14(11-2-3-11)8-15(7-13)12-4-5-12/h6-8,10-12H,1-5,9H2. The van der Waals surface area contributed by atoms with Crippen molar-refractivity contribution in [1.29, 1.82) is 0 Å². The molecule has 1 heteroatoms. The molecule has 1 aromatic rings. The van der Waals surface area contributed by atoms with Gasteiger partial charge in [0.25, 0.3) is 0 Å². The molecule has 85 valence electrons. The minimum atomic E-state index is -0.349. The van der Waals surface area contributed by atoms with Crippen LogP contribution in [-0.2, 0) is 0 Å². The lowest BCUT2D eigenvalue weighted by Gasteiger charge is -2.12. The summed E-state index contributed by atoms with van der Waals surface area (Å²) in [4.78, 5) is 0. The minimum Gasteiger partial charge on any atom is -0.250 e. The fraction of sp³-hybridized carbons (Fsp3) is 0.533. The third-order valence-corrected chi connectivity index (χ3v) is 3.76. The molecular weight excluding hydrogens is 199 g/mol. The lowest BCUT2D eigenvalue weighted by molar-refractivity contribution is 0.465. The lowest BCUT2D eigenvalue weighted by Crippen LogP contribution is -1.99. The molecule has 1 atom stereocenters. The second kappa shape index (κ2) is 3.87. The molecule has 2 aliphatic carbocycles. The molecule has 0 N–H and O–H groups in total. The Morgan fingerprint density at radius 2 is 1.56 bits per heavy atom. The molecule has 2 fully saturated rings. The highest BCUT2D eigenvalue weighted by Gasteiger charge is 2.28. The summed E-state index contributed by atoms with van der Waals surface area (Å²) in [6, 6.07) is 6.71. The van der Waals surface area contributed by atoms with E-state index in [1.54, 1.807) is 0 Å². The molecule has 16 heavy (non-hydrogen) atoms. The number of hydrogen-bond donors (Lipinski definition) is 0. The third-order valence-electron chi connectivity index (χ3n) is 3.76. The molecule has 0 nitrogen and oxygen atoms in total. The number of halogens is 1. The van der Waals surface area contributed by atoms with Crippen LogP contribution < -0.4 is 0 Å². The molecule has 0 bridgehead atoms. The van der Waals surface area contributed by atoms with Crippen molar-refractivity contribution < 1.29 is 4.39 Å². The van der Waals surface area contributed by atoms with Gasteiger partial charge in [0.15, 0.2) is 0 Å². The Bertz CT molecular complexity index is 358. The van der Waals surface area contributed by atoms with Gasteiger partial charge in [-0.1, -0.05) is 18.2 Å². The zero-order valence-corrected chi connectivity index (χ0v) is 9.58. The van der Waals surface area contributed by atoms with Crippen LogP contribution in [0.15, 0.2) is 18.2 Å². The van der Waals surface area contributed by atoms with Crippen molar-refractivity contribution in [2.45, 2.75) is 43.4 Å². The first-order valence-corrected chi connectivity index (χ1v) is 6.31. The predicted molar refractivity (Wildman–Crippen MR) is 64.5 cm³/mol. The topological polar surface area (TPSA) is 0 Å². The van der Waals surface area contributed by atoms with Crippen LogP contribution in [0.3, 0.4) is 0 Å². The van der Waals surface area contributed by atoms with Gasteiger partial charge in [-0.2, -0.15) is 0 Å². The highest BCUT2D eigenvalue weighted by molar-refractivity contribution is 5.39. The summed E-state index contributed by atoms with van der Waals surface area (Å²) in [6.45, 7) is 3.54. The smallest absolute Gasteiger partial charge is 0.0962 e. The molecule has 3 rings (SSSR count). The summed E-state index contributed by atoms with van der Waals surface area (Å²) < 4.78 is 12.7. The minimum absolute atomic E-state index is 0.184. The van der Waals surface area contributed by atoms with E-state index in [0.717, 1.165) is 17.4 Å². The van der Waals surface area contributed by atoms with E-state index in [1.807, 2.05) is 0 Å². The summed E-state index contributed by atoms with van der Waals surface area (Å²) in [7, 11) is 0. The Labute approximate surface area is 96.9 Å². The SMILES string of the molecule is [CH2]C(CF)c1cc(C2CC2)cc(C2CC2)c1. The Morgan fingerprint density at radius 1 is 1.06 bits per heavy atom. The highest BCUT2D eigenvalue weighted by atomic mass is 19.1. The van der Waals surface area contributed by atoms with Gasteiger partial charge in [0, 0.05) is 5.92 Å². The zero-order valence-electron chi connectivity index (χ0n) is 9.58. The quantitative estimate of drug-likeness (QED) is 0.704. The predicted octanol–water partition coefficient (Wildman–Crippen LogP) is 4.33. The fourth-order valence-electron chi connectivity index (χ4n) is 2.33. The first-order chi connectivity index (χ1) is 7.78. The van der Waals surface area contributed by atoms with Crippen LogP contribution in [0, 0.1) is 6.92 Å². The number of hydrogen-bond acceptors (Lipinski definition) is 0. The number of rotatable bonds is 4. The molecular formula is C15H18F. The summed E-state index contributed by atoms with van der Waals surface area (Å²) in [6.07, 6.45) is 5.24. The van der Waals surface area contributed by atoms with Crippen LogP contribution in [0.5, 0.6) is 0 Å². The van der Waals surface area contributed by atoms with Crippen LogP contribution in [0.4, 0.5) is 4.39 Å². The summed E-state index contributed by atoms with van der Waals surface area (Å²) >= 11 is 0. The molecule has 2 aliphatic rings. The Kier molecular flexibility index (Phi) is 2.49. The van der Waals surface area contributed by atoms with E-state index < -0.39 is 0 Å². The van der Waals surface area contributed by atoms with E-state index in [0.29, 0.717) is 0 Å². The molecule has 0 aromatic heterocycles. The Hall–Kier alpha value is -0.850. The van der Waals surface area contributed by atoms with Crippen molar-refractivity contribution in [2.24, 2.45) is 0 Å². The lowest BCUT2D eigenvalue weighted by atomic mass is 9.94. The van der Waals surface area contributed by atoms with Crippen molar-refractivity contribution in [3.05, 3.63) is 41.8 Å². The maximum absolute atomic E-state index is 12.7. The molecule has 1 radical (unpaired) electrons. The summed E-state index contributed by atoms with van der Waals surface area (Å²) in [5, 5.41) is 0. The van der Waals surface area contributed by atoms with Crippen molar-refractivity contribution >= 4 is 0 Å². The zero-order chi connectivity index (χ0) is 11.1. The monoisotopic (exact) mass is 217 g/mol. The molecule has 0 amide bonds. The first-order valence-electron chi connectivity index (χ1n) is 6.31. The maximum Gasteiger partial charge on any atom is 0.0962 e. The van der Waals surface area contributed by atoms with Gasteiger partial charge in [-0.15, -0.1) is 0 Å². The van der Waals surface area contributed by atoms with Crippen LogP contribution in [-0.4, -0.2) is 6.67 Å². The second-order valence-electron chi connectivity index (χ2n) is 5.33. The van der Waals surface area contributed by atoms with Gasteiger partial charge in [0.2, 0.25) is 0 Å². The largest absolute Gasteiger partial charge is 0.250 e. The van der Waals surface area contributed by atoms with E-state index in [-0.39, 0.29) is 12.6 Å². The molecule has 0 spiro atoms. The van der Waals surface area contributed by atoms with E-state index >= 15 is 0 Å². The van der Waals surface area contributed by atoms with Gasteiger partial charge in [-0.3, -0.25) is 4.39 Å². The van der Waals surface area contributed by atoms with Crippen LogP contribution in [0.25, 0.3) is 0 Å². The van der Waals surface area contributed by atoms with E-state index in [1.165, 1.54) is 36.8 Å². The van der Waals surface area contributed by atoms with E-state index in [4.69, 9.17) is 0 Å². The molecule has 1 unspecified atom stereocenters. The number of benzene rings is 1. The summed E-state index contributed by atoms with van der Waals surface area (Å²) in [5.74, 6) is 1.32.